The van der Waals surface area contributed by atoms with Crippen molar-refractivity contribution in [3.8, 4) is 28.5 Å². The SMILES string of the molecule is CCN(CC)C(=O)COc1cc(-c2ccnc(N)n2)ccc1NC(=O)C1COc2ccc(OC)cc2C1.O=C(O)C(F)(F)F. The van der Waals surface area contributed by atoms with Gasteiger partial charge in [-0.2, -0.15) is 13.2 Å². The first-order valence-electron chi connectivity index (χ1n) is 13.4. The molecule has 0 saturated heterocycles. The van der Waals surface area contributed by atoms with Gasteiger partial charge in [-0.05, 0) is 62.2 Å². The van der Waals surface area contributed by atoms with E-state index in [0.29, 0.717) is 48.0 Å². The molecule has 2 amide bonds. The highest BCUT2D eigenvalue weighted by Crippen LogP contribution is 2.34. The number of amides is 2. The van der Waals surface area contributed by atoms with Crippen LogP contribution in [0.2, 0.25) is 0 Å². The molecule has 0 bridgehead atoms. The lowest BCUT2D eigenvalue weighted by Gasteiger charge is -2.25. The van der Waals surface area contributed by atoms with E-state index in [1.165, 1.54) is 0 Å². The first-order valence-corrected chi connectivity index (χ1v) is 13.4. The van der Waals surface area contributed by atoms with E-state index in [4.69, 9.17) is 29.8 Å². The highest BCUT2D eigenvalue weighted by Gasteiger charge is 2.38. The summed E-state index contributed by atoms with van der Waals surface area (Å²) in [7, 11) is 1.60. The summed E-state index contributed by atoms with van der Waals surface area (Å²) in [5.74, 6) is -1.59. The monoisotopic (exact) mass is 619 g/mol. The number of rotatable bonds is 9. The van der Waals surface area contributed by atoms with Crippen LogP contribution in [0, 0.1) is 5.92 Å². The van der Waals surface area contributed by atoms with Gasteiger partial charge in [0.05, 0.1) is 24.4 Å². The van der Waals surface area contributed by atoms with Crippen LogP contribution >= 0.6 is 0 Å². The number of nitrogens with zero attached hydrogens (tertiary/aromatic N) is 3. The van der Waals surface area contributed by atoms with Crippen LogP contribution < -0.4 is 25.3 Å². The van der Waals surface area contributed by atoms with Gasteiger partial charge in [-0.3, -0.25) is 9.59 Å². The highest BCUT2D eigenvalue weighted by molar-refractivity contribution is 5.95. The Bertz CT molecular complexity index is 1480. The number of aliphatic carboxylic acids is 1. The predicted octanol–water partition coefficient (Wildman–Crippen LogP) is 3.80. The normalized spacial score (nSPS) is 13.7. The van der Waals surface area contributed by atoms with Crippen molar-refractivity contribution in [3.05, 3.63) is 54.2 Å². The third-order valence-corrected chi connectivity index (χ3v) is 6.46. The van der Waals surface area contributed by atoms with Gasteiger partial charge in [0, 0.05) is 24.8 Å². The maximum atomic E-state index is 13.2. The Morgan fingerprint density at radius 1 is 1.14 bits per heavy atom. The van der Waals surface area contributed by atoms with Crippen molar-refractivity contribution in [2.75, 3.05) is 44.5 Å². The fraction of sp³-hybridized carbons (Fsp3) is 0.345. The van der Waals surface area contributed by atoms with Crippen molar-refractivity contribution in [1.82, 2.24) is 14.9 Å². The number of anilines is 2. The average molecular weight is 620 g/mol. The molecule has 1 aliphatic heterocycles. The van der Waals surface area contributed by atoms with Crippen LogP contribution in [0.1, 0.15) is 19.4 Å². The Labute approximate surface area is 250 Å². The van der Waals surface area contributed by atoms with E-state index in [9.17, 15) is 22.8 Å². The van der Waals surface area contributed by atoms with Crippen molar-refractivity contribution < 1.29 is 46.9 Å². The van der Waals surface area contributed by atoms with E-state index in [2.05, 4.69) is 15.3 Å². The second-order valence-corrected chi connectivity index (χ2v) is 9.34. The number of carbonyl (C=O) groups is 3. The Morgan fingerprint density at radius 2 is 1.84 bits per heavy atom. The standard InChI is InChI=1S/C27H31N5O5.C2HF3O2/c1-4-32(5-2)25(33)16-37-24-14-17(21-10-11-29-27(28)31-21)6-8-22(24)30-26(34)19-12-18-13-20(35-3)7-9-23(18)36-15-19;3-2(4,5)1(6)7/h6-11,13-14,19H,4-5,12,15-16H2,1-3H3,(H,30,34)(H2,28,29,31);(H,6,7). The van der Waals surface area contributed by atoms with Crippen LogP contribution in [0.15, 0.2) is 48.7 Å². The molecule has 3 aromatic rings. The molecule has 0 aliphatic carbocycles. The molecule has 236 valence electrons. The van der Waals surface area contributed by atoms with Crippen molar-refractivity contribution in [2.24, 2.45) is 5.92 Å². The molecule has 44 heavy (non-hydrogen) atoms. The molecule has 1 aliphatic rings. The lowest BCUT2D eigenvalue weighted by atomic mass is 9.95. The molecule has 4 rings (SSSR count). The minimum Gasteiger partial charge on any atom is -0.497 e. The number of carboxylic acid groups (broad SMARTS) is 1. The number of carboxylic acids is 1. The number of benzene rings is 2. The molecular formula is C29H32F3N5O7. The van der Waals surface area contributed by atoms with E-state index in [0.717, 1.165) is 11.3 Å². The van der Waals surface area contributed by atoms with Gasteiger partial charge in [-0.25, -0.2) is 14.8 Å². The molecule has 1 unspecified atom stereocenters. The van der Waals surface area contributed by atoms with Crippen LogP contribution in [0.3, 0.4) is 0 Å². The molecular weight excluding hydrogens is 587 g/mol. The Balaban J connectivity index is 0.000000676. The highest BCUT2D eigenvalue weighted by atomic mass is 19.4. The zero-order valence-corrected chi connectivity index (χ0v) is 24.2. The van der Waals surface area contributed by atoms with Crippen molar-refractivity contribution in [2.45, 2.75) is 26.4 Å². The van der Waals surface area contributed by atoms with E-state index < -0.39 is 18.1 Å². The topological polar surface area (TPSA) is 166 Å². The van der Waals surface area contributed by atoms with Crippen molar-refractivity contribution in [1.29, 1.82) is 0 Å². The summed E-state index contributed by atoms with van der Waals surface area (Å²) >= 11 is 0. The average Bonchev–Trinajstić information content (AvgIpc) is 3.00. The number of nitrogens with one attached hydrogen (secondary N) is 1. The number of ether oxygens (including phenoxy) is 3. The number of fused-ring (bicyclic) bond motifs is 1. The van der Waals surface area contributed by atoms with Crippen LogP contribution in [-0.2, 0) is 20.8 Å². The lowest BCUT2D eigenvalue weighted by molar-refractivity contribution is -0.192. The zero-order valence-electron chi connectivity index (χ0n) is 24.2. The third kappa shape index (κ3) is 8.96. The Kier molecular flexibility index (Phi) is 11.3. The molecule has 0 saturated carbocycles. The minimum atomic E-state index is -5.08. The van der Waals surface area contributed by atoms with Gasteiger partial charge < -0.3 is 35.3 Å². The first-order chi connectivity index (χ1) is 20.9. The van der Waals surface area contributed by atoms with E-state index in [-0.39, 0.29) is 31.0 Å². The molecule has 12 nitrogen and oxygen atoms in total. The number of methoxy groups -OCH3 is 1. The smallest absolute Gasteiger partial charge is 0.490 e. The van der Waals surface area contributed by atoms with Crippen molar-refractivity contribution in [3.63, 3.8) is 0 Å². The number of nitrogens with two attached hydrogens (primary N) is 1. The molecule has 0 fully saturated rings. The van der Waals surface area contributed by atoms with Crippen LogP contribution in [0.4, 0.5) is 24.8 Å². The number of alkyl halides is 3. The summed E-state index contributed by atoms with van der Waals surface area (Å²) in [5.41, 5.74) is 8.40. The maximum Gasteiger partial charge on any atom is 0.490 e. The Morgan fingerprint density at radius 3 is 2.45 bits per heavy atom. The van der Waals surface area contributed by atoms with Crippen molar-refractivity contribution >= 4 is 29.4 Å². The van der Waals surface area contributed by atoms with E-state index >= 15 is 0 Å². The zero-order chi connectivity index (χ0) is 32.4. The number of hydrogen-bond donors (Lipinski definition) is 3. The molecule has 4 N–H and O–H groups in total. The van der Waals surface area contributed by atoms with Gasteiger partial charge in [0.2, 0.25) is 11.9 Å². The predicted molar refractivity (Wildman–Crippen MR) is 153 cm³/mol. The van der Waals surface area contributed by atoms with Gasteiger partial charge in [0.15, 0.2) is 6.61 Å². The first kappa shape index (κ1) is 33.4. The number of carbonyl (C=O) groups excluding carboxylic acids is 2. The summed E-state index contributed by atoms with van der Waals surface area (Å²) in [5, 5.41) is 10.1. The molecule has 1 aromatic heterocycles. The van der Waals surface area contributed by atoms with Crippen LogP contribution in [0.5, 0.6) is 17.2 Å². The quantitative estimate of drug-likeness (QED) is 0.321. The number of likely N-dealkylation sites (N-methyl/N-ethyl adjacent to an activating group) is 1. The number of halogens is 3. The summed E-state index contributed by atoms with van der Waals surface area (Å²) in [6.07, 6.45) is -3.01. The third-order valence-electron chi connectivity index (χ3n) is 6.46. The molecule has 15 heteroatoms. The van der Waals surface area contributed by atoms with Gasteiger partial charge in [0.1, 0.15) is 23.9 Å². The number of hydrogen-bond acceptors (Lipinski definition) is 9. The fourth-order valence-electron chi connectivity index (χ4n) is 4.15. The fourth-order valence-corrected chi connectivity index (χ4v) is 4.15. The van der Waals surface area contributed by atoms with Gasteiger partial charge in [0.25, 0.3) is 5.91 Å². The molecule has 0 radical (unpaired) electrons. The lowest BCUT2D eigenvalue weighted by Crippen LogP contribution is -2.35. The van der Waals surface area contributed by atoms with E-state index in [1.807, 2.05) is 32.0 Å². The van der Waals surface area contributed by atoms with Gasteiger partial charge in [-0.1, -0.05) is 6.07 Å². The summed E-state index contributed by atoms with van der Waals surface area (Å²) in [6, 6.07) is 12.5. The molecule has 0 spiro atoms. The molecule has 2 heterocycles. The maximum absolute atomic E-state index is 13.2. The minimum absolute atomic E-state index is 0.142. The van der Waals surface area contributed by atoms with Crippen LogP contribution in [0.25, 0.3) is 11.3 Å². The van der Waals surface area contributed by atoms with Crippen LogP contribution in [-0.4, -0.2) is 77.3 Å². The number of aromatic nitrogens is 2. The summed E-state index contributed by atoms with van der Waals surface area (Å²) < 4.78 is 48.8. The molecule has 1 atom stereocenters. The van der Waals surface area contributed by atoms with E-state index in [1.54, 1.807) is 42.5 Å². The Hall–Kier alpha value is -5.08. The van der Waals surface area contributed by atoms with Gasteiger partial charge in [-0.15, -0.1) is 0 Å². The number of nitrogen functional groups attached to an aromatic ring is 1. The summed E-state index contributed by atoms with van der Waals surface area (Å²) in [4.78, 5) is 44.6. The second-order valence-electron chi connectivity index (χ2n) is 9.34. The molecule has 2 aromatic carbocycles. The largest absolute Gasteiger partial charge is 0.497 e. The summed E-state index contributed by atoms with van der Waals surface area (Å²) in [6.45, 7) is 5.06. The van der Waals surface area contributed by atoms with Gasteiger partial charge >= 0.3 is 12.1 Å². The second kappa shape index (κ2) is 14.9.